The van der Waals surface area contributed by atoms with Crippen molar-refractivity contribution in [2.24, 2.45) is 0 Å². The molecule has 230 valence electrons. The van der Waals surface area contributed by atoms with E-state index in [9.17, 15) is 14.0 Å². The molecule has 13 nitrogen and oxygen atoms in total. The van der Waals surface area contributed by atoms with Gasteiger partial charge in [0.25, 0.3) is 0 Å². The van der Waals surface area contributed by atoms with Crippen molar-refractivity contribution in [3.8, 4) is 5.82 Å². The van der Waals surface area contributed by atoms with Gasteiger partial charge in [0.1, 0.15) is 5.82 Å². The molecule has 44 heavy (non-hydrogen) atoms. The van der Waals surface area contributed by atoms with E-state index in [1.807, 2.05) is 46.0 Å². The van der Waals surface area contributed by atoms with Crippen molar-refractivity contribution < 1.29 is 14.0 Å². The van der Waals surface area contributed by atoms with Crippen molar-refractivity contribution in [3.63, 3.8) is 0 Å². The summed E-state index contributed by atoms with van der Waals surface area (Å²) >= 11 is 0. The van der Waals surface area contributed by atoms with Gasteiger partial charge in [0.15, 0.2) is 23.7 Å². The summed E-state index contributed by atoms with van der Waals surface area (Å²) in [6, 6.07) is 6.64. The molecule has 0 aromatic carbocycles. The van der Waals surface area contributed by atoms with E-state index in [1.54, 1.807) is 12.3 Å². The smallest absolute Gasteiger partial charge is 0.227 e. The van der Waals surface area contributed by atoms with Crippen LogP contribution in [0.25, 0.3) is 5.82 Å². The van der Waals surface area contributed by atoms with Crippen LogP contribution < -0.4 is 10.2 Å². The molecule has 0 radical (unpaired) electrons. The molecule has 2 aliphatic heterocycles. The lowest BCUT2D eigenvalue weighted by atomic mass is 9.74. The Hall–Kier alpha value is -4.56. The van der Waals surface area contributed by atoms with Gasteiger partial charge < -0.3 is 10.2 Å². The number of hydrogen-bond donors (Lipinski definition) is 2. The van der Waals surface area contributed by atoms with E-state index in [1.165, 1.54) is 10.9 Å². The fourth-order valence-electron chi connectivity index (χ4n) is 6.56. The minimum atomic E-state index is -0.630. The average molecular weight is 602 g/mol. The highest BCUT2D eigenvalue weighted by molar-refractivity contribution is 6.28. The van der Waals surface area contributed by atoms with Crippen molar-refractivity contribution in [2.45, 2.75) is 51.2 Å². The van der Waals surface area contributed by atoms with Gasteiger partial charge >= 0.3 is 0 Å². The number of likely N-dealkylation sites (N-methyl/N-ethyl adjacent to an activating group) is 1. The molecule has 2 fully saturated rings. The Kier molecular flexibility index (Phi) is 7.95. The van der Waals surface area contributed by atoms with Gasteiger partial charge in [-0.15, -0.1) is 0 Å². The summed E-state index contributed by atoms with van der Waals surface area (Å²) in [5.41, 5.74) is 2.12. The van der Waals surface area contributed by atoms with Crippen LogP contribution in [-0.4, -0.2) is 102 Å². The summed E-state index contributed by atoms with van der Waals surface area (Å²) in [6.07, 6.45) is 5.88. The molecule has 2 unspecified atom stereocenters. The number of rotatable bonds is 8. The first kappa shape index (κ1) is 29.5. The number of aromatic amines is 1. The van der Waals surface area contributed by atoms with Crippen molar-refractivity contribution in [1.29, 1.82) is 0 Å². The first-order valence-electron chi connectivity index (χ1n) is 14.7. The van der Waals surface area contributed by atoms with Crippen LogP contribution >= 0.6 is 0 Å². The maximum atomic E-state index is 13.5. The molecule has 2 saturated heterocycles. The number of aldehydes is 1. The number of piperazine rings is 1. The van der Waals surface area contributed by atoms with E-state index >= 15 is 0 Å². The number of Topliss-reactive ketones (excluding diaryl/α,β-unsaturated/α-hetero) is 1. The molecule has 4 aromatic heterocycles. The minimum absolute atomic E-state index is 0.192. The number of halogens is 1. The summed E-state index contributed by atoms with van der Waals surface area (Å²) in [5, 5.41) is 14.4. The summed E-state index contributed by atoms with van der Waals surface area (Å²) < 4.78 is 14.8. The predicted molar refractivity (Wildman–Crippen MR) is 161 cm³/mol. The van der Waals surface area contributed by atoms with Crippen LogP contribution in [0.2, 0.25) is 0 Å². The van der Waals surface area contributed by atoms with Gasteiger partial charge in [-0.05, 0) is 52.3 Å². The van der Waals surface area contributed by atoms with E-state index in [4.69, 9.17) is 9.97 Å². The Morgan fingerprint density at radius 1 is 1.11 bits per heavy atom. The normalized spacial score (nSPS) is 19.7. The monoisotopic (exact) mass is 601 g/mol. The number of hydrogen-bond acceptors (Lipinski definition) is 11. The van der Waals surface area contributed by atoms with Gasteiger partial charge in [0, 0.05) is 67.5 Å². The van der Waals surface area contributed by atoms with E-state index in [-0.39, 0.29) is 6.04 Å². The Morgan fingerprint density at radius 2 is 1.91 bits per heavy atom. The van der Waals surface area contributed by atoms with Crippen molar-refractivity contribution in [2.75, 3.05) is 43.4 Å². The zero-order chi connectivity index (χ0) is 31.0. The second-order valence-electron chi connectivity index (χ2n) is 11.7. The van der Waals surface area contributed by atoms with E-state index in [0.717, 1.165) is 29.7 Å². The number of ketones is 1. The van der Waals surface area contributed by atoms with Gasteiger partial charge in [-0.25, -0.2) is 19.0 Å². The topological polar surface area (TPSA) is 141 Å². The van der Waals surface area contributed by atoms with Gasteiger partial charge in [-0.3, -0.25) is 24.5 Å². The molecule has 1 spiro atoms. The van der Waals surface area contributed by atoms with Gasteiger partial charge in [-0.1, -0.05) is 6.07 Å². The molecule has 2 aliphatic rings. The fraction of sp³-hybridized carbons (Fsp3) is 0.433. The van der Waals surface area contributed by atoms with Crippen molar-refractivity contribution in [3.05, 3.63) is 65.6 Å². The standard InChI is InChI=1S/C30H36FN11O2/c1-19-13-25(35-26-14-20(2)37-38-26)36-29(34-19)40-9-7-30(8-10-40)28(24(44)18-43)41(12-11-39(30)4)21(3)22-5-6-27(32-15-22)42-17-23(31)16-33-42/h5-6,13-18,21,28H,7-12H2,1-4H3,(H2,34,35,36,37,38). The number of aromatic nitrogens is 7. The summed E-state index contributed by atoms with van der Waals surface area (Å²) in [5.74, 6) is 1.56. The quantitative estimate of drug-likeness (QED) is 0.228. The van der Waals surface area contributed by atoms with Crippen LogP contribution in [0.5, 0.6) is 0 Å². The first-order chi connectivity index (χ1) is 21.2. The van der Waals surface area contributed by atoms with Crippen molar-refractivity contribution in [1.82, 2.24) is 44.7 Å². The van der Waals surface area contributed by atoms with Crippen LogP contribution in [0, 0.1) is 19.7 Å². The van der Waals surface area contributed by atoms with Crippen molar-refractivity contribution >= 4 is 29.7 Å². The second-order valence-corrected chi connectivity index (χ2v) is 11.7. The maximum Gasteiger partial charge on any atom is 0.227 e. The molecule has 2 N–H and O–H groups in total. The summed E-state index contributed by atoms with van der Waals surface area (Å²) in [4.78, 5) is 46.0. The average Bonchev–Trinajstić information content (AvgIpc) is 3.65. The molecular weight excluding hydrogens is 565 g/mol. The number of carbonyl (C=O) groups excluding carboxylic acids is 2. The van der Waals surface area contributed by atoms with Crippen LogP contribution in [0.1, 0.15) is 42.8 Å². The summed E-state index contributed by atoms with van der Waals surface area (Å²) in [6.45, 7) is 8.49. The lowest BCUT2D eigenvalue weighted by Gasteiger charge is -2.58. The summed E-state index contributed by atoms with van der Waals surface area (Å²) in [7, 11) is 2.04. The molecule has 6 heterocycles. The number of aryl methyl sites for hydroxylation is 2. The molecule has 6 rings (SSSR count). The number of H-pyrrole nitrogens is 1. The van der Waals surface area contributed by atoms with Crippen LogP contribution in [0.3, 0.4) is 0 Å². The molecular formula is C30H36FN11O2. The molecule has 0 amide bonds. The highest BCUT2D eigenvalue weighted by Gasteiger charge is 2.53. The van der Waals surface area contributed by atoms with Crippen LogP contribution in [0.4, 0.5) is 22.0 Å². The molecule has 4 aromatic rings. The third-order valence-corrected chi connectivity index (χ3v) is 8.93. The highest BCUT2D eigenvalue weighted by atomic mass is 19.1. The lowest BCUT2D eigenvalue weighted by molar-refractivity contribution is -0.145. The Morgan fingerprint density at radius 3 is 2.55 bits per heavy atom. The lowest BCUT2D eigenvalue weighted by Crippen LogP contribution is -2.72. The molecule has 0 saturated carbocycles. The molecule has 0 aliphatic carbocycles. The Balaban J connectivity index is 1.22. The number of piperidine rings is 1. The number of nitrogens with one attached hydrogen (secondary N) is 2. The third-order valence-electron chi connectivity index (χ3n) is 8.93. The molecule has 0 bridgehead atoms. The number of anilines is 3. The number of pyridine rings is 1. The SMILES string of the molecule is Cc1cc(Nc2cc(C)[nH]n2)nc(N2CCC3(CC2)C(C(=O)C=O)N(C(C)c2ccc(-n4cc(F)cn4)nc2)CCN3C)n1. The van der Waals surface area contributed by atoms with Gasteiger partial charge in [0.05, 0.1) is 18.4 Å². The minimum Gasteiger partial charge on any atom is -0.341 e. The predicted octanol–water partition coefficient (Wildman–Crippen LogP) is 2.76. The Bertz CT molecular complexity index is 1640. The van der Waals surface area contributed by atoms with Crippen LogP contribution in [-0.2, 0) is 9.59 Å². The first-order valence-corrected chi connectivity index (χ1v) is 14.7. The zero-order valence-corrected chi connectivity index (χ0v) is 25.2. The molecule has 2 atom stereocenters. The number of nitrogens with zero attached hydrogens (tertiary/aromatic N) is 9. The maximum absolute atomic E-state index is 13.5. The molecule has 14 heteroatoms. The van der Waals surface area contributed by atoms with Crippen LogP contribution in [0.15, 0.2) is 42.9 Å². The largest absolute Gasteiger partial charge is 0.341 e. The number of carbonyl (C=O) groups is 2. The highest BCUT2D eigenvalue weighted by Crippen LogP contribution is 2.41. The Labute approximate surface area is 254 Å². The third kappa shape index (κ3) is 5.57. The van der Waals surface area contributed by atoms with Gasteiger partial charge in [0.2, 0.25) is 11.7 Å². The fourth-order valence-corrected chi connectivity index (χ4v) is 6.56. The van der Waals surface area contributed by atoms with E-state index in [2.05, 4.69) is 40.3 Å². The van der Waals surface area contributed by atoms with Gasteiger partial charge in [-0.2, -0.15) is 15.2 Å². The van der Waals surface area contributed by atoms with E-state index in [0.29, 0.717) is 62.2 Å². The zero-order valence-electron chi connectivity index (χ0n) is 25.2. The van der Waals surface area contributed by atoms with E-state index < -0.39 is 23.2 Å². The second kappa shape index (κ2) is 11.8.